The molecule has 3 rings (SSSR count). The third-order valence-corrected chi connectivity index (χ3v) is 4.36. The molecule has 0 saturated carbocycles. The van der Waals surface area contributed by atoms with Crippen molar-refractivity contribution in [3.63, 3.8) is 0 Å². The van der Waals surface area contributed by atoms with Crippen molar-refractivity contribution in [2.75, 3.05) is 12.3 Å². The van der Waals surface area contributed by atoms with Crippen LogP contribution >= 0.6 is 11.8 Å². The maximum Gasteiger partial charge on any atom is 0.220 e. The van der Waals surface area contributed by atoms with Crippen LogP contribution in [0.2, 0.25) is 0 Å². The van der Waals surface area contributed by atoms with Crippen molar-refractivity contribution in [3.05, 3.63) is 55.0 Å². The Morgan fingerprint density at radius 1 is 1.18 bits per heavy atom. The lowest BCUT2D eigenvalue weighted by Crippen LogP contribution is -2.27. The van der Waals surface area contributed by atoms with Gasteiger partial charge >= 0.3 is 0 Å². The summed E-state index contributed by atoms with van der Waals surface area (Å²) >= 11 is 1.71. The fourth-order valence-electron chi connectivity index (χ4n) is 2.24. The number of imidazole rings is 1. The standard InChI is InChI=1S/C16H18N4OS/c21-15(7-13-22-14-4-2-1-3-5-14)17-9-10-19-11-12-20-16(19)6-8-18-20/h1-6,8,11-12H,7,9-10,13H2,(H,17,21). The molecule has 22 heavy (non-hydrogen) atoms. The first-order valence-electron chi connectivity index (χ1n) is 7.26. The molecule has 1 amide bonds. The lowest BCUT2D eigenvalue weighted by Gasteiger charge is -2.06. The zero-order valence-corrected chi connectivity index (χ0v) is 13.0. The quantitative estimate of drug-likeness (QED) is 0.682. The fourth-order valence-corrected chi connectivity index (χ4v) is 3.11. The average Bonchev–Trinajstić information content (AvgIpc) is 3.13. The molecule has 1 N–H and O–H groups in total. The number of nitrogens with one attached hydrogen (secondary N) is 1. The van der Waals surface area contributed by atoms with Gasteiger partial charge in [-0.15, -0.1) is 11.8 Å². The van der Waals surface area contributed by atoms with Crippen LogP contribution in [-0.4, -0.2) is 32.4 Å². The van der Waals surface area contributed by atoms with Crippen molar-refractivity contribution >= 4 is 23.3 Å². The van der Waals surface area contributed by atoms with E-state index >= 15 is 0 Å². The fraction of sp³-hybridized carbons (Fsp3) is 0.250. The van der Waals surface area contributed by atoms with E-state index in [4.69, 9.17) is 0 Å². The van der Waals surface area contributed by atoms with Crippen molar-refractivity contribution in [1.82, 2.24) is 19.5 Å². The van der Waals surface area contributed by atoms with Gasteiger partial charge in [-0.25, -0.2) is 4.52 Å². The van der Waals surface area contributed by atoms with Crippen LogP contribution in [0, 0.1) is 0 Å². The number of carbonyl (C=O) groups excluding carboxylic acids is 1. The topological polar surface area (TPSA) is 51.3 Å². The van der Waals surface area contributed by atoms with Crippen molar-refractivity contribution in [3.8, 4) is 0 Å². The zero-order chi connectivity index (χ0) is 15.2. The van der Waals surface area contributed by atoms with Crippen molar-refractivity contribution < 1.29 is 4.79 Å². The highest BCUT2D eigenvalue weighted by Crippen LogP contribution is 2.17. The van der Waals surface area contributed by atoms with Gasteiger partial charge in [-0.1, -0.05) is 18.2 Å². The predicted octanol–water partition coefficient (Wildman–Crippen LogP) is 2.43. The predicted molar refractivity (Wildman–Crippen MR) is 88.0 cm³/mol. The van der Waals surface area contributed by atoms with Gasteiger partial charge in [0.2, 0.25) is 5.91 Å². The van der Waals surface area contributed by atoms with Gasteiger partial charge < -0.3 is 9.88 Å². The summed E-state index contributed by atoms with van der Waals surface area (Å²) < 4.78 is 3.89. The van der Waals surface area contributed by atoms with Gasteiger partial charge in [-0.3, -0.25) is 4.79 Å². The Morgan fingerprint density at radius 3 is 2.91 bits per heavy atom. The van der Waals surface area contributed by atoms with Crippen molar-refractivity contribution in [2.45, 2.75) is 17.9 Å². The normalized spacial score (nSPS) is 10.9. The van der Waals surface area contributed by atoms with Crippen LogP contribution in [0.1, 0.15) is 6.42 Å². The first kappa shape index (κ1) is 14.7. The molecule has 0 bridgehead atoms. The number of fused-ring (bicyclic) bond motifs is 1. The molecule has 0 spiro atoms. The Kier molecular flexibility index (Phi) is 4.80. The summed E-state index contributed by atoms with van der Waals surface area (Å²) in [5.74, 6) is 0.895. The van der Waals surface area contributed by atoms with Crippen molar-refractivity contribution in [2.24, 2.45) is 0 Å². The van der Waals surface area contributed by atoms with Gasteiger partial charge in [-0.05, 0) is 12.1 Å². The van der Waals surface area contributed by atoms with E-state index in [1.807, 2.05) is 41.2 Å². The maximum atomic E-state index is 11.8. The van der Waals surface area contributed by atoms with E-state index in [1.165, 1.54) is 4.90 Å². The lowest BCUT2D eigenvalue weighted by molar-refractivity contribution is -0.120. The number of aromatic nitrogens is 3. The van der Waals surface area contributed by atoms with Gasteiger partial charge in [-0.2, -0.15) is 5.10 Å². The second-order valence-electron chi connectivity index (χ2n) is 4.89. The van der Waals surface area contributed by atoms with Gasteiger partial charge in [0.15, 0.2) is 0 Å². The van der Waals surface area contributed by atoms with Crippen LogP contribution in [0.15, 0.2) is 59.9 Å². The number of benzene rings is 1. The Hall–Kier alpha value is -2.21. The van der Waals surface area contributed by atoms with E-state index < -0.39 is 0 Å². The highest BCUT2D eigenvalue weighted by atomic mass is 32.2. The molecule has 114 valence electrons. The number of rotatable bonds is 7. The third kappa shape index (κ3) is 3.71. The molecular weight excluding hydrogens is 296 g/mol. The Bertz CT molecular complexity index is 735. The molecule has 0 atom stereocenters. The number of nitrogens with zero attached hydrogens (tertiary/aromatic N) is 3. The van der Waals surface area contributed by atoms with Crippen LogP contribution in [0.3, 0.4) is 0 Å². The summed E-state index contributed by atoms with van der Waals surface area (Å²) in [5.41, 5.74) is 1.04. The molecular formula is C16H18N4OS. The average molecular weight is 314 g/mol. The first-order chi connectivity index (χ1) is 10.8. The van der Waals surface area contributed by atoms with E-state index in [1.54, 1.807) is 18.0 Å². The van der Waals surface area contributed by atoms with Crippen molar-refractivity contribution in [1.29, 1.82) is 0 Å². The molecule has 0 unspecified atom stereocenters. The molecule has 2 heterocycles. The summed E-state index contributed by atoms with van der Waals surface area (Å²) in [5, 5.41) is 7.12. The number of hydrogen-bond donors (Lipinski definition) is 1. The highest BCUT2D eigenvalue weighted by Gasteiger charge is 2.03. The largest absolute Gasteiger partial charge is 0.354 e. The molecule has 0 aliphatic carbocycles. The molecule has 3 aromatic rings. The molecule has 0 fully saturated rings. The summed E-state index contributed by atoms with van der Waals surface area (Å²) in [6, 6.07) is 12.1. The summed E-state index contributed by atoms with van der Waals surface area (Å²) in [4.78, 5) is 13.0. The molecule has 1 aromatic carbocycles. The molecule has 0 aliphatic rings. The highest BCUT2D eigenvalue weighted by molar-refractivity contribution is 7.99. The first-order valence-corrected chi connectivity index (χ1v) is 8.24. The smallest absolute Gasteiger partial charge is 0.220 e. The Labute approximate surface area is 133 Å². The van der Waals surface area contributed by atoms with Gasteiger partial charge in [0.25, 0.3) is 0 Å². The van der Waals surface area contributed by atoms with E-state index in [0.29, 0.717) is 13.0 Å². The minimum absolute atomic E-state index is 0.0973. The minimum Gasteiger partial charge on any atom is -0.354 e. The number of thioether (sulfide) groups is 1. The van der Waals surface area contributed by atoms with Gasteiger partial charge in [0, 0.05) is 48.6 Å². The number of amides is 1. The molecule has 0 saturated heterocycles. The summed E-state index contributed by atoms with van der Waals surface area (Å²) in [6.45, 7) is 1.38. The molecule has 0 radical (unpaired) electrons. The van der Waals surface area contributed by atoms with Gasteiger partial charge in [0.1, 0.15) is 5.65 Å². The molecule has 6 heteroatoms. The lowest BCUT2D eigenvalue weighted by atomic mass is 10.4. The Morgan fingerprint density at radius 2 is 2.05 bits per heavy atom. The van der Waals surface area contributed by atoms with Crippen LogP contribution < -0.4 is 5.32 Å². The maximum absolute atomic E-state index is 11.8. The minimum atomic E-state index is 0.0973. The molecule has 5 nitrogen and oxygen atoms in total. The van der Waals surface area contributed by atoms with E-state index in [0.717, 1.165) is 17.9 Å². The van der Waals surface area contributed by atoms with Crippen LogP contribution in [0.4, 0.5) is 0 Å². The van der Waals surface area contributed by atoms with E-state index in [-0.39, 0.29) is 5.91 Å². The SMILES string of the molecule is O=C(CCSc1ccccc1)NCCn1ccn2nccc12. The molecule has 2 aromatic heterocycles. The zero-order valence-electron chi connectivity index (χ0n) is 12.2. The van der Waals surface area contributed by atoms with Gasteiger partial charge in [0.05, 0.1) is 6.20 Å². The van der Waals surface area contributed by atoms with E-state index in [2.05, 4.69) is 27.1 Å². The summed E-state index contributed by atoms with van der Waals surface area (Å²) in [7, 11) is 0. The second kappa shape index (κ2) is 7.17. The van der Waals surface area contributed by atoms with E-state index in [9.17, 15) is 4.79 Å². The van der Waals surface area contributed by atoms with Crippen LogP contribution in [-0.2, 0) is 11.3 Å². The third-order valence-electron chi connectivity index (χ3n) is 3.35. The number of hydrogen-bond acceptors (Lipinski definition) is 3. The Balaban J connectivity index is 1.37. The molecule has 0 aliphatic heterocycles. The summed E-state index contributed by atoms with van der Waals surface area (Å²) in [6.07, 6.45) is 6.19. The van der Waals surface area contributed by atoms with Crippen LogP contribution in [0.5, 0.6) is 0 Å². The second-order valence-corrected chi connectivity index (χ2v) is 6.06. The number of carbonyl (C=O) groups is 1. The van der Waals surface area contributed by atoms with Crippen LogP contribution in [0.25, 0.3) is 5.65 Å². The monoisotopic (exact) mass is 314 g/mol.